The van der Waals surface area contributed by atoms with Crippen LogP contribution in [0.2, 0.25) is 0 Å². The summed E-state index contributed by atoms with van der Waals surface area (Å²) in [6.45, 7) is 2.81. The van der Waals surface area contributed by atoms with Gasteiger partial charge in [0.25, 0.3) is 5.91 Å². The van der Waals surface area contributed by atoms with E-state index in [0.29, 0.717) is 18.4 Å². The molecule has 0 heterocycles. The molecule has 1 unspecified atom stereocenters. The first-order valence-corrected chi connectivity index (χ1v) is 7.79. The van der Waals surface area contributed by atoms with Crippen LogP contribution in [0.5, 0.6) is 0 Å². The number of Topliss-reactive ketones (excluding diaryl/α,β-unsaturated/α-hetero) is 2. The number of hydrogen-bond donors (Lipinski definition) is 3. The molecule has 4 N–H and O–H groups in total. The maximum Gasteiger partial charge on any atom is 0.289 e. The van der Waals surface area contributed by atoms with Crippen molar-refractivity contribution in [2.24, 2.45) is 5.73 Å². The van der Waals surface area contributed by atoms with Crippen molar-refractivity contribution in [1.82, 2.24) is 10.6 Å². The molecule has 0 spiro atoms. The second kappa shape index (κ2) is 9.57. The lowest BCUT2D eigenvalue weighted by Gasteiger charge is -2.16. The quantitative estimate of drug-likeness (QED) is 0.560. The number of carbonyl (C=O) groups is 4. The smallest absolute Gasteiger partial charge is 0.289 e. The summed E-state index contributed by atoms with van der Waals surface area (Å²) in [5.74, 6) is -2.45. The van der Waals surface area contributed by atoms with Crippen LogP contribution in [0.25, 0.3) is 0 Å². The molecule has 0 radical (unpaired) electrons. The number of hydrogen-bond acceptors (Lipinski definition) is 5. The Kier molecular flexibility index (Phi) is 7.77. The Morgan fingerprint density at radius 3 is 2.29 bits per heavy atom. The summed E-state index contributed by atoms with van der Waals surface area (Å²) < 4.78 is 0. The Balaban J connectivity index is 2.57. The van der Waals surface area contributed by atoms with Crippen LogP contribution in [-0.4, -0.2) is 36.0 Å². The van der Waals surface area contributed by atoms with Gasteiger partial charge in [-0.2, -0.15) is 0 Å². The normalized spacial score (nSPS) is 12.8. The van der Waals surface area contributed by atoms with E-state index < -0.39 is 36.2 Å². The van der Waals surface area contributed by atoms with Crippen molar-refractivity contribution < 1.29 is 19.2 Å². The van der Waals surface area contributed by atoms with Crippen LogP contribution in [0.4, 0.5) is 0 Å². The highest BCUT2D eigenvalue weighted by atomic mass is 16.2. The van der Waals surface area contributed by atoms with E-state index in [9.17, 15) is 19.2 Å². The molecule has 0 aliphatic heterocycles. The van der Waals surface area contributed by atoms with Gasteiger partial charge in [0.05, 0.1) is 12.6 Å². The summed E-state index contributed by atoms with van der Waals surface area (Å²) in [6.07, 6.45) is 1.08. The van der Waals surface area contributed by atoms with Gasteiger partial charge in [-0.3, -0.25) is 19.2 Å². The molecule has 0 aliphatic rings. The Morgan fingerprint density at radius 1 is 1.12 bits per heavy atom. The second-order valence-electron chi connectivity index (χ2n) is 5.46. The van der Waals surface area contributed by atoms with Crippen LogP contribution < -0.4 is 16.4 Å². The molecule has 1 rings (SSSR count). The number of ketones is 2. The predicted octanol–water partition coefficient (Wildman–Crippen LogP) is 0.246. The van der Waals surface area contributed by atoms with E-state index in [4.69, 9.17) is 5.73 Å². The van der Waals surface area contributed by atoms with Gasteiger partial charge in [0.2, 0.25) is 11.7 Å². The minimum atomic E-state index is -0.898. The first-order chi connectivity index (χ1) is 11.4. The summed E-state index contributed by atoms with van der Waals surface area (Å²) in [5, 5.41) is 4.76. The van der Waals surface area contributed by atoms with Crippen LogP contribution in [0.15, 0.2) is 30.3 Å². The Bertz CT molecular complexity index is 601. The average Bonchev–Trinajstić information content (AvgIpc) is 2.57. The molecule has 1 aromatic rings. The molecule has 130 valence electrons. The maximum absolute atomic E-state index is 11.9. The summed E-state index contributed by atoms with van der Waals surface area (Å²) >= 11 is 0. The van der Waals surface area contributed by atoms with Gasteiger partial charge in [-0.05, 0) is 18.9 Å². The molecule has 2 amide bonds. The van der Waals surface area contributed by atoms with Crippen molar-refractivity contribution in [2.45, 2.75) is 38.8 Å². The van der Waals surface area contributed by atoms with Crippen LogP contribution in [0.1, 0.15) is 38.3 Å². The van der Waals surface area contributed by atoms with Gasteiger partial charge in [0.1, 0.15) is 6.04 Å². The fraction of sp³-hybridized carbons (Fsp3) is 0.412. The molecule has 1 aromatic carbocycles. The van der Waals surface area contributed by atoms with Crippen molar-refractivity contribution in [3.8, 4) is 0 Å². The van der Waals surface area contributed by atoms with Crippen molar-refractivity contribution >= 4 is 23.4 Å². The van der Waals surface area contributed by atoms with Gasteiger partial charge in [0.15, 0.2) is 5.78 Å². The number of nitrogens with two attached hydrogens (primary N) is 1. The lowest BCUT2D eigenvalue weighted by molar-refractivity contribution is -0.139. The topological polar surface area (TPSA) is 118 Å². The summed E-state index contributed by atoms with van der Waals surface area (Å²) in [4.78, 5) is 47.0. The van der Waals surface area contributed by atoms with E-state index in [2.05, 4.69) is 10.6 Å². The van der Waals surface area contributed by atoms with Gasteiger partial charge in [-0.15, -0.1) is 0 Å². The highest BCUT2D eigenvalue weighted by molar-refractivity contribution is 6.38. The van der Waals surface area contributed by atoms with E-state index in [-0.39, 0.29) is 5.78 Å². The molecule has 7 heteroatoms. The van der Waals surface area contributed by atoms with Crippen molar-refractivity contribution in [3.63, 3.8) is 0 Å². The van der Waals surface area contributed by atoms with Crippen LogP contribution in [0, 0.1) is 0 Å². The number of amides is 2. The Morgan fingerprint density at radius 2 is 1.75 bits per heavy atom. The zero-order valence-electron chi connectivity index (χ0n) is 13.9. The second-order valence-corrected chi connectivity index (χ2v) is 5.46. The van der Waals surface area contributed by atoms with Crippen LogP contribution in [-0.2, 0) is 19.2 Å². The molecule has 0 aliphatic carbocycles. The molecule has 7 nitrogen and oxygen atoms in total. The molecule has 0 aromatic heterocycles. The summed E-state index contributed by atoms with van der Waals surface area (Å²) in [7, 11) is 0. The van der Waals surface area contributed by atoms with Crippen LogP contribution in [0.3, 0.4) is 0 Å². The zero-order valence-corrected chi connectivity index (χ0v) is 13.9. The molecular formula is C17H23N3O4. The zero-order chi connectivity index (χ0) is 18.1. The third-order valence-corrected chi connectivity index (χ3v) is 3.41. The van der Waals surface area contributed by atoms with Crippen molar-refractivity contribution in [1.29, 1.82) is 0 Å². The third-order valence-electron chi connectivity index (χ3n) is 3.41. The number of benzene rings is 1. The largest absolute Gasteiger partial charge is 0.341 e. The highest BCUT2D eigenvalue weighted by Gasteiger charge is 2.23. The van der Waals surface area contributed by atoms with Gasteiger partial charge < -0.3 is 16.4 Å². The average molecular weight is 333 g/mol. The third kappa shape index (κ3) is 5.92. The van der Waals surface area contributed by atoms with Gasteiger partial charge in [-0.25, -0.2) is 0 Å². The Labute approximate surface area is 141 Å². The van der Waals surface area contributed by atoms with Crippen LogP contribution >= 0.6 is 0 Å². The molecule has 0 bridgehead atoms. The van der Waals surface area contributed by atoms with Gasteiger partial charge in [0, 0.05) is 0 Å². The lowest BCUT2D eigenvalue weighted by Crippen LogP contribution is -2.46. The first-order valence-electron chi connectivity index (χ1n) is 7.79. The first kappa shape index (κ1) is 19.5. The van der Waals surface area contributed by atoms with Gasteiger partial charge >= 0.3 is 0 Å². The number of nitrogens with one attached hydrogen (secondary N) is 2. The highest BCUT2D eigenvalue weighted by Crippen LogP contribution is 2.13. The summed E-state index contributed by atoms with van der Waals surface area (Å²) in [6, 6.07) is 7.09. The lowest BCUT2D eigenvalue weighted by atomic mass is 10.0. The molecule has 24 heavy (non-hydrogen) atoms. The maximum atomic E-state index is 11.9. The monoisotopic (exact) mass is 333 g/mol. The minimum absolute atomic E-state index is 0.234. The van der Waals surface area contributed by atoms with E-state index in [1.54, 1.807) is 30.3 Å². The molecule has 0 saturated heterocycles. The standard InChI is InChI=1S/C17H23N3O4/c1-3-7-13(18)16(23)17(24)19-10-14(22)20-15(11(2)21)12-8-5-4-6-9-12/h4-6,8-9,13,15H,3,7,10,18H2,1-2H3,(H,19,24)(H,20,22)/t13?,15-/m1/s1. The predicted molar refractivity (Wildman–Crippen MR) is 88.9 cm³/mol. The van der Waals surface area contributed by atoms with Gasteiger partial charge in [-0.1, -0.05) is 43.7 Å². The fourth-order valence-electron chi connectivity index (χ4n) is 2.14. The number of carbonyl (C=O) groups excluding carboxylic acids is 4. The Hall–Kier alpha value is -2.54. The van der Waals surface area contributed by atoms with Crippen molar-refractivity contribution in [3.05, 3.63) is 35.9 Å². The molecule has 2 atom stereocenters. The SMILES string of the molecule is CCCC(N)C(=O)C(=O)NCC(=O)N[C@H](C(C)=O)c1ccccc1. The van der Waals surface area contributed by atoms with Crippen molar-refractivity contribution in [2.75, 3.05) is 6.54 Å². The minimum Gasteiger partial charge on any atom is -0.341 e. The fourth-order valence-corrected chi connectivity index (χ4v) is 2.14. The van der Waals surface area contributed by atoms with E-state index in [1.807, 2.05) is 6.92 Å². The number of rotatable bonds is 9. The van der Waals surface area contributed by atoms with E-state index in [0.717, 1.165) is 0 Å². The molecular weight excluding hydrogens is 310 g/mol. The molecule has 0 fully saturated rings. The summed E-state index contributed by atoms with van der Waals surface area (Å²) in [5.41, 5.74) is 6.22. The molecule has 0 saturated carbocycles. The van der Waals surface area contributed by atoms with E-state index in [1.165, 1.54) is 6.92 Å². The van der Waals surface area contributed by atoms with E-state index >= 15 is 0 Å².